The third-order valence-electron chi connectivity index (χ3n) is 2.16. The largest absolute Gasteiger partial charge is 0.465 e. The Morgan fingerprint density at radius 3 is 2.50 bits per heavy atom. The summed E-state index contributed by atoms with van der Waals surface area (Å²) in [4.78, 5) is 1.19. The molecule has 3 nitrogen and oxygen atoms in total. The van der Waals surface area contributed by atoms with Crippen LogP contribution in [0.5, 0.6) is 0 Å². The average Bonchev–Trinajstić information content (AvgIpc) is 2.44. The molecule has 1 heterocycles. The van der Waals surface area contributed by atoms with Gasteiger partial charge in [0.25, 0.3) is 0 Å². The summed E-state index contributed by atoms with van der Waals surface area (Å²) in [6.07, 6.45) is -4.18. The van der Waals surface area contributed by atoms with E-state index in [0.717, 1.165) is 5.56 Å². The lowest BCUT2D eigenvalue weighted by Crippen LogP contribution is -2.30. The Labute approximate surface area is 92.0 Å². The van der Waals surface area contributed by atoms with Crippen LogP contribution in [0, 0.1) is 6.92 Å². The van der Waals surface area contributed by atoms with E-state index < -0.39 is 12.7 Å². The van der Waals surface area contributed by atoms with Crippen molar-refractivity contribution in [2.75, 3.05) is 13.6 Å². The predicted octanol–water partition coefficient (Wildman–Crippen LogP) is 2.04. The van der Waals surface area contributed by atoms with Crippen LogP contribution in [0.3, 0.4) is 0 Å². The second-order valence-electron chi connectivity index (χ2n) is 3.79. The fraction of sp³-hybridized carbons (Fsp3) is 0.600. The number of nitrogens with zero attached hydrogens (tertiary/aromatic N) is 1. The van der Waals surface area contributed by atoms with Gasteiger partial charge in [0.1, 0.15) is 11.5 Å². The second kappa shape index (κ2) is 4.88. The maximum Gasteiger partial charge on any atom is 0.401 e. The van der Waals surface area contributed by atoms with Crippen LogP contribution in [0.15, 0.2) is 10.5 Å². The van der Waals surface area contributed by atoms with Crippen molar-refractivity contribution in [1.82, 2.24) is 4.90 Å². The van der Waals surface area contributed by atoms with Crippen LogP contribution in [-0.2, 0) is 13.1 Å². The van der Waals surface area contributed by atoms with E-state index in [9.17, 15) is 13.2 Å². The summed E-state index contributed by atoms with van der Waals surface area (Å²) in [6.45, 7) is 1.24. The zero-order valence-electron chi connectivity index (χ0n) is 9.27. The predicted molar refractivity (Wildman–Crippen MR) is 53.7 cm³/mol. The first-order chi connectivity index (χ1) is 7.31. The number of alkyl halides is 3. The number of nitrogens with two attached hydrogens (primary N) is 1. The smallest absolute Gasteiger partial charge is 0.401 e. The van der Waals surface area contributed by atoms with Gasteiger partial charge >= 0.3 is 6.18 Å². The molecule has 0 spiro atoms. The Kier molecular flexibility index (Phi) is 3.98. The van der Waals surface area contributed by atoms with Gasteiger partial charge in [0.2, 0.25) is 0 Å². The molecule has 0 aliphatic heterocycles. The van der Waals surface area contributed by atoms with Crippen LogP contribution in [0.4, 0.5) is 13.2 Å². The molecule has 1 aromatic heterocycles. The third-order valence-corrected chi connectivity index (χ3v) is 2.16. The van der Waals surface area contributed by atoms with Crippen molar-refractivity contribution in [2.24, 2.45) is 5.73 Å². The minimum Gasteiger partial charge on any atom is -0.465 e. The van der Waals surface area contributed by atoms with Gasteiger partial charge in [-0.05, 0) is 20.0 Å². The van der Waals surface area contributed by atoms with E-state index in [0.29, 0.717) is 11.5 Å². The molecule has 0 fully saturated rings. The highest BCUT2D eigenvalue weighted by Crippen LogP contribution is 2.19. The molecule has 16 heavy (non-hydrogen) atoms. The minimum atomic E-state index is -4.18. The Hall–Kier alpha value is -1.01. The number of rotatable bonds is 4. The number of aryl methyl sites for hydroxylation is 1. The molecule has 1 rings (SSSR count). The van der Waals surface area contributed by atoms with Gasteiger partial charge in [-0.1, -0.05) is 0 Å². The van der Waals surface area contributed by atoms with Crippen LogP contribution in [0.2, 0.25) is 0 Å². The van der Waals surface area contributed by atoms with Crippen molar-refractivity contribution in [1.29, 1.82) is 0 Å². The van der Waals surface area contributed by atoms with Crippen molar-refractivity contribution in [3.05, 3.63) is 23.2 Å². The average molecular weight is 236 g/mol. The summed E-state index contributed by atoms with van der Waals surface area (Å²) in [5.74, 6) is 1.21. The quantitative estimate of drug-likeness (QED) is 0.869. The van der Waals surface area contributed by atoms with E-state index in [-0.39, 0.29) is 13.1 Å². The fourth-order valence-corrected chi connectivity index (χ4v) is 1.50. The molecule has 0 radical (unpaired) electrons. The second-order valence-corrected chi connectivity index (χ2v) is 3.79. The van der Waals surface area contributed by atoms with Gasteiger partial charge in [0.15, 0.2) is 0 Å². The Morgan fingerprint density at radius 1 is 1.44 bits per heavy atom. The fourth-order valence-electron chi connectivity index (χ4n) is 1.50. The van der Waals surface area contributed by atoms with E-state index in [2.05, 4.69) is 0 Å². The highest BCUT2D eigenvalue weighted by molar-refractivity contribution is 5.20. The zero-order chi connectivity index (χ0) is 12.3. The van der Waals surface area contributed by atoms with E-state index >= 15 is 0 Å². The standard InChI is InChI=1S/C10H15F3N2O/c1-7-8(3-9(4-14)16-7)5-15(2)6-10(11,12)13/h3H,4-6,14H2,1-2H3. The van der Waals surface area contributed by atoms with Crippen molar-refractivity contribution in [3.8, 4) is 0 Å². The number of hydrogen-bond acceptors (Lipinski definition) is 3. The Bertz CT molecular complexity index is 346. The molecule has 0 bridgehead atoms. The van der Waals surface area contributed by atoms with Crippen molar-refractivity contribution >= 4 is 0 Å². The van der Waals surface area contributed by atoms with Crippen LogP contribution < -0.4 is 5.73 Å². The highest BCUT2D eigenvalue weighted by Gasteiger charge is 2.29. The minimum absolute atomic E-state index is 0.203. The van der Waals surface area contributed by atoms with E-state index in [1.807, 2.05) is 0 Å². The Balaban J connectivity index is 2.62. The Morgan fingerprint density at radius 2 is 2.06 bits per heavy atom. The summed E-state index contributed by atoms with van der Waals surface area (Å²) in [5.41, 5.74) is 6.12. The van der Waals surface area contributed by atoms with Gasteiger partial charge in [-0.2, -0.15) is 13.2 Å². The lowest BCUT2D eigenvalue weighted by Gasteiger charge is -2.17. The number of hydrogen-bond donors (Lipinski definition) is 1. The summed E-state index contributed by atoms with van der Waals surface area (Å²) < 4.78 is 41.5. The molecule has 92 valence electrons. The topological polar surface area (TPSA) is 42.4 Å². The van der Waals surface area contributed by atoms with Gasteiger partial charge in [0, 0.05) is 12.1 Å². The summed E-state index contributed by atoms with van der Waals surface area (Å²) in [5, 5.41) is 0. The summed E-state index contributed by atoms with van der Waals surface area (Å²) in [7, 11) is 1.42. The van der Waals surface area contributed by atoms with E-state index in [4.69, 9.17) is 10.2 Å². The van der Waals surface area contributed by atoms with Crippen molar-refractivity contribution < 1.29 is 17.6 Å². The molecular weight excluding hydrogens is 221 g/mol. The van der Waals surface area contributed by atoms with Crippen LogP contribution in [-0.4, -0.2) is 24.7 Å². The molecule has 0 saturated carbocycles. The molecule has 0 atom stereocenters. The molecule has 0 saturated heterocycles. The monoisotopic (exact) mass is 236 g/mol. The third kappa shape index (κ3) is 3.86. The molecule has 2 N–H and O–H groups in total. The maximum atomic E-state index is 12.1. The molecular formula is C10H15F3N2O. The van der Waals surface area contributed by atoms with Gasteiger partial charge in [-0.15, -0.1) is 0 Å². The first kappa shape index (κ1) is 13.1. The summed E-state index contributed by atoms with van der Waals surface area (Å²) >= 11 is 0. The van der Waals surface area contributed by atoms with Crippen LogP contribution in [0.1, 0.15) is 17.1 Å². The van der Waals surface area contributed by atoms with Crippen LogP contribution >= 0.6 is 0 Å². The molecule has 6 heteroatoms. The van der Waals surface area contributed by atoms with Gasteiger partial charge < -0.3 is 10.2 Å². The summed E-state index contributed by atoms with van der Waals surface area (Å²) in [6, 6.07) is 1.70. The van der Waals surface area contributed by atoms with Crippen LogP contribution in [0.25, 0.3) is 0 Å². The van der Waals surface area contributed by atoms with Gasteiger partial charge in [-0.25, -0.2) is 0 Å². The number of halogens is 3. The van der Waals surface area contributed by atoms with E-state index in [1.165, 1.54) is 11.9 Å². The number of furan rings is 1. The first-order valence-electron chi connectivity index (χ1n) is 4.85. The van der Waals surface area contributed by atoms with Crippen molar-refractivity contribution in [3.63, 3.8) is 0 Å². The van der Waals surface area contributed by atoms with Gasteiger partial charge in [-0.3, -0.25) is 4.90 Å². The maximum absolute atomic E-state index is 12.1. The molecule has 0 aromatic carbocycles. The first-order valence-corrected chi connectivity index (χ1v) is 4.85. The normalized spacial score (nSPS) is 12.4. The molecule has 0 aliphatic rings. The molecule has 0 aliphatic carbocycles. The highest BCUT2D eigenvalue weighted by atomic mass is 19.4. The molecule has 0 amide bonds. The van der Waals surface area contributed by atoms with Gasteiger partial charge in [0.05, 0.1) is 13.1 Å². The lowest BCUT2D eigenvalue weighted by molar-refractivity contribution is -0.144. The lowest BCUT2D eigenvalue weighted by atomic mass is 10.2. The van der Waals surface area contributed by atoms with E-state index in [1.54, 1.807) is 13.0 Å². The SMILES string of the molecule is Cc1oc(CN)cc1CN(C)CC(F)(F)F. The van der Waals surface area contributed by atoms with Crippen molar-refractivity contribution in [2.45, 2.75) is 26.2 Å². The molecule has 0 unspecified atom stereocenters. The molecule has 1 aromatic rings. The zero-order valence-corrected chi connectivity index (χ0v) is 9.27.